The van der Waals surface area contributed by atoms with Crippen LogP contribution in [0.2, 0.25) is 0 Å². The fourth-order valence-electron chi connectivity index (χ4n) is 2.28. The number of carbonyl (C=O) groups excluding carboxylic acids is 1. The number of sulfonamides is 1. The molecule has 0 aliphatic heterocycles. The van der Waals surface area contributed by atoms with E-state index in [0.29, 0.717) is 0 Å². The predicted octanol–water partition coefficient (Wildman–Crippen LogP) is 2.33. The van der Waals surface area contributed by atoms with Crippen LogP contribution < -0.4 is 5.32 Å². The second-order valence-electron chi connectivity index (χ2n) is 7.24. The Hall–Kier alpha value is -1.93. The van der Waals surface area contributed by atoms with E-state index < -0.39 is 27.4 Å². The Morgan fingerprint density at radius 2 is 1.81 bits per heavy atom. The van der Waals surface area contributed by atoms with Gasteiger partial charge in [0.15, 0.2) is 0 Å². The van der Waals surface area contributed by atoms with E-state index in [2.05, 4.69) is 5.32 Å². The van der Waals surface area contributed by atoms with Gasteiger partial charge in [-0.05, 0) is 44.9 Å². The molecular formula is C18H28N2O5S. The van der Waals surface area contributed by atoms with E-state index in [4.69, 9.17) is 5.11 Å². The molecule has 1 aromatic carbocycles. The lowest BCUT2D eigenvalue weighted by Crippen LogP contribution is -2.51. The molecule has 26 heavy (non-hydrogen) atoms. The molecule has 1 unspecified atom stereocenters. The third-order valence-electron chi connectivity index (χ3n) is 4.69. The van der Waals surface area contributed by atoms with Gasteiger partial charge in [0.05, 0.1) is 16.9 Å². The number of hydrogen-bond donors (Lipinski definition) is 2. The van der Waals surface area contributed by atoms with Gasteiger partial charge in [-0.25, -0.2) is 8.42 Å². The summed E-state index contributed by atoms with van der Waals surface area (Å²) in [4.78, 5) is 23.8. The summed E-state index contributed by atoms with van der Waals surface area (Å²) < 4.78 is 26.4. The van der Waals surface area contributed by atoms with Gasteiger partial charge in [0.25, 0.3) is 5.91 Å². The molecule has 0 aliphatic rings. The van der Waals surface area contributed by atoms with Crippen molar-refractivity contribution in [1.29, 1.82) is 0 Å². The van der Waals surface area contributed by atoms with Crippen molar-refractivity contribution in [3.8, 4) is 0 Å². The van der Waals surface area contributed by atoms with Crippen molar-refractivity contribution in [2.24, 2.45) is 5.92 Å². The number of nitrogens with one attached hydrogen (secondary N) is 1. The van der Waals surface area contributed by atoms with E-state index in [1.165, 1.54) is 35.6 Å². The summed E-state index contributed by atoms with van der Waals surface area (Å²) in [6, 6.07) is 5.53. The Bertz CT molecular complexity index is 774. The van der Waals surface area contributed by atoms with Gasteiger partial charge in [0.2, 0.25) is 10.0 Å². The molecule has 146 valence electrons. The fraction of sp³-hybridized carbons (Fsp3) is 0.556. The van der Waals surface area contributed by atoms with Gasteiger partial charge in [-0.3, -0.25) is 9.59 Å². The number of benzene rings is 1. The average Bonchev–Trinajstić information content (AvgIpc) is 2.53. The first-order chi connectivity index (χ1) is 11.8. The Labute approximate surface area is 155 Å². The van der Waals surface area contributed by atoms with Crippen LogP contribution in [0.4, 0.5) is 0 Å². The number of carbonyl (C=O) groups is 2. The van der Waals surface area contributed by atoms with E-state index in [-0.39, 0.29) is 28.8 Å². The van der Waals surface area contributed by atoms with E-state index in [0.717, 1.165) is 0 Å². The lowest BCUT2D eigenvalue weighted by Gasteiger charge is -2.33. The standard InChI is InChI=1S/C18H28N2O5S/c1-12(2)18(5,11-16(21)22)19-17(23)14-8-7-9-15(10-14)26(24,25)20(6)13(3)4/h7-10,12-13H,11H2,1-6H3,(H,19,23)(H,21,22). The molecule has 7 nitrogen and oxygen atoms in total. The first-order valence-corrected chi connectivity index (χ1v) is 9.87. The first kappa shape index (κ1) is 22.1. The smallest absolute Gasteiger partial charge is 0.305 e. The minimum atomic E-state index is -3.71. The molecule has 0 aromatic heterocycles. The Kier molecular flexibility index (Phi) is 6.95. The fourth-order valence-corrected chi connectivity index (χ4v) is 3.69. The van der Waals surface area contributed by atoms with Crippen LogP contribution in [-0.2, 0) is 14.8 Å². The van der Waals surface area contributed by atoms with Gasteiger partial charge in [-0.1, -0.05) is 19.9 Å². The highest BCUT2D eigenvalue weighted by atomic mass is 32.2. The van der Waals surface area contributed by atoms with Crippen LogP contribution in [0, 0.1) is 5.92 Å². The van der Waals surface area contributed by atoms with Crippen LogP contribution in [0.5, 0.6) is 0 Å². The van der Waals surface area contributed by atoms with E-state index in [1.807, 2.05) is 13.8 Å². The molecule has 1 aromatic rings. The van der Waals surface area contributed by atoms with E-state index in [9.17, 15) is 18.0 Å². The highest BCUT2D eigenvalue weighted by Crippen LogP contribution is 2.23. The van der Waals surface area contributed by atoms with Gasteiger partial charge in [0, 0.05) is 18.7 Å². The maximum absolute atomic E-state index is 12.6. The van der Waals surface area contributed by atoms with Crippen molar-refractivity contribution in [3.63, 3.8) is 0 Å². The lowest BCUT2D eigenvalue weighted by atomic mass is 9.85. The van der Waals surface area contributed by atoms with Gasteiger partial charge in [-0.15, -0.1) is 0 Å². The molecule has 0 saturated carbocycles. The van der Waals surface area contributed by atoms with Crippen LogP contribution in [0.1, 0.15) is 51.4 Å². The van der Waals surface area contributed by atoms with Crippen molar-refractivity contribution < 1.29 is 23.1 Å². The number of amides is 1. The van der Waals surface area contributed by atoms with Crippen LogP contribution in [-0.4, -0.2) is 48.3 Å². The molecule has 0 saturated heterocycles. The highest BCUT2D eigenvalue weighted by Gasteiger charge is 2.33. The molecule has 0 heterocycles. The molecule has 0 spiro atoms. The quantitative estimate of drug-likeness (QED) is 0.716. The molecule has 0 aliphatic carbocycles. The molecule has 1 atom stereocenters. The van der Waals surface area contributed by atoms with Crippen molar-refractivity contribution in [3.05, 3.63) is 29.8 Å². The van der Waals surface area contributed by atoms with Crippen molar-refractivity contribution in [1.82, 2.24) is 9.62 Å². The number of carboxylic acids is 1. The third kappa shape index (κ3) is 5.04. The van der Waals surface area contributed by atoms with E-state index in [1.54, 1.807) is 20.8 Å². The predicted molar refractivity (Wildman–Crippen MR) is 99.5 cm³/mol. The van der Waals surface area contributed by atoms with Crippen molar-refractivity contribution >= 4 is 21.9 Å². The number of aliphatic carboxylic acids is 1. The lowest BCUT2D eigenvalue weighted by molar-refractivity contribution is -0.138. The second-order valence-corrected chi connectivity index (χ2v) is 9.24. The number of rotatable bonds is 8. The summed E-state index contributed by atoms with van der Waals surface area (Å²) in [5.41, 5.74) is -0.785. The van der Waals surface area contributed by atoms with Gasteiger partial charge >= 0.3 is 5.97 Å². The van der Waals surface area contributed by atoms with Gasteiger partial charge < -0.3 is 10.4 Å². The van der Waals surface area contributed by atoms with Gasteiger partial charge in [0.1, 0.15) is 0 Å². The summed E-state index contributed by atoms with van der Waals surface area (Å²) >= 11 is 0. The largest absolute Gasteiger partial charge is 0.481 e. The zero-order valence-electron chi connectivity index (χ0n) is 16.1. The first-order valence-electron chi connectivity index (χ1n) is 8.43. The normalized spacial score (nSPS) is 14.5. The van der Waals surface area contributed by atoms with Crippen molar-refractivity contribution in [2.45, 2.75) is 57.5 Å². The zero-order valence-corrected chi connectivity index (χ0v) is 16.9. The van der Waals surface area contributed by atoms with Crippen LogP contribution >= 0.6 is 0 Å². The summed E-state index contributed by atoms with van der Waals surface area (Å²) in [5.74, 6) is -1.65. The summed E-state index contributed by atoms with van der Waals surface area (Å²) in [6.45, 7) is 8.82. The molecule has 2 N–H and O–H groups in total. The Morgan fingerprint density at radius 1 is 1.23 bits per heavy atom. The topological polar surface area (TPSA) is 104 Å². The average molecular weight is 384 g/mol. The van der Waals surface area contributed by atoms with Crippen molar-refractivity contribution in [2.75, 3.05) is 7.05 Å². The summed E-state index contributed by atoms with van der Waals surface area (Å²) in [6.07, 6.45) is -0.232. The third-order valence-corrected chi connectivity index (χ3v) is 6.72. The molecular weight excluding hydrogens is 356 g/mol. The second kappa shape index (κ2) is 8.18. The Morgan fingerprint density at radius 3 is 2.27 bits per heavy atom. The molecule has 0 fully saturated rings. The maximum Gasteiger partial charge on any atom is 0.305 e. The highest BCUT2D eigenvalue weighted by molar-refractivity contribution is 7.89. The summed E-state index contributed by atoms with van der Waals surface area (Å²) in [7, 11) is -2.23. The monoisotopic (exact) mass is 384 g/mol. The van der Waals surface area contributed by atoms with Gasteiger partial charge in [-0.2, -0.15) is 4.31 Å². The van der Waals surface area contributed by atoms with Crippen LogP contribution in [0.25, 0.3) is 0 Å². The number of hydrogen-bond acceptors (Lipinski definition) is 4. The molecule has 0 radical (unpaired) electrons. The van der Waals surface area contributed by atoms with E-state index >= 15 is 0 Å². The minimum Gasteiger partial charge on any atom is -0.481 e. The SMILES string of the molecule is CC(C)N(C)S(=O)(=O)c1cccc(C(=O)NC(C)(CC(=O)O)C(C)C)c1. The minimum absolute atomic E-state index is 0.0193. The maximum atomic E-state index is 12.6. The summed E-state index contributed by atoms with van der Waals surface area (Å²) in [5, 5.41) is 11.9. The van der Waals surface area contributed by atoms with Crippen LogP contribution in [0.3, 0.4) is 0 Å². The number of carboxylic acid groups (broad SMARTS) is 1. The number of nitrogens with zero attached hydrogens (tertiary/aromatic N) is 1. The molecule has 8 heteroatoms. The molecule has 1 rings (SSSR count). The zero-order chi connectivity index (χ0) is 20.3. The Balaban J connectivity index is 3.18. The van der Waals surface area contributed by atoms with Crippen LogP contribution in [0.15, 0.2) is 29.2 Å². The molecule has 1 amide bonds. The molecule has 0 bridgehead atoms.